The minimum Gasteiger partial charge on any atom is -0.351 e. The van der Waals surface area contributed by atoms with Gasteiger partial charge < -0.3 is 5.32 Å². The fourth-order valence-electron chi connectivity index (χ4n) is 4.16. The second kappa shape index (κ2) is 10.5. The summed E-state index contributed by atoms with van der Waals surface area (Å²) < 4.78 is 0. The lowest BCUT2D eigenvalue weighted by molar-refractivity contribution is -0.123. The van der Waals surface area contributed by atoms with E-state index >= 15 is 0 Å². The van der Waals surface area contributed by atoms with E-state index in [2.05, 4.69) is 22.2 Å². The lowest BCUT2D eigenvalue weighted by Gasteiger charge is -2.32. The summed E-state index contributed by atoms with van der Waals surface area (Å²) in [6.07, 6.45) is 10.8. The lowest BCUT2D eigenvalue weighted by atomic mass is 9.94. The Morgan fingerprint density at radius 1 is 1.12 bits per heavy atom. The van der Waals surface area contributed by atoms with Crippen molar-refractivity contribution in [2.45, 2.75) is 57.5 Å². The van der Waals surface area contributed by atoms with Crippen molar-refractivity contribution < 1.29 is 9.59 Å². The van der Waals surface area contributed by atoms with Crippen LogP contribution in [0.15, 0.2) is 60.4 Å². The number of anilines is 1. The Labute approximate surface area is 192 Å². The van der Waals surface area contributed by atoms with Crippen molar-refractivity contribution in [1.29, 1.82) is 0 Å². The molecule has 1 aliphatic carbocycles. The number of amides is 2. The summed E-state index contributed by atoms with van der Waals surface area (Å²) in [5, 5.41) is 5.83. The molecule has 3 aromatic rings. The first-order valence-corrected chi connectivity index (χ1v) is 12.1. The molecule has 0 aliphatic heterocycles. The molecule has 2 heterocycles. The molecule has 166 valence electrons. The quantitative estimate of drug-likeness (QED) is 0.556. The van der Waals surface area contributed by atoms with Crippen LogP contribution in [0.3, 0.4) is 0 Å². The maximum atomic E-state index is 13.7. The Morgan fingerprint density at radius 3 is 2.53 bits per heavy atom. The summed E-state index contributed by atoms with van der Waals surface area (Å²) in [6.45, 7) is 2.10. The first-order chi connectivity index (χ1) is 15.7. The Bertz CT molecular complexity index is 1020. The van der Waals surface area contributed by atoms with Gasteiger partial charge in [-0.15, -0.1) is 11.3 Å². The summed E-state index contributed by atoms with van der Waals surface area (Å²) in [5.74, 6) is -0.504. The minimum absolute atomic E-state index is 0.144. The molecule has 0 spiro atoms. The minimum atomic E-state index is -0.795. The second-order valence-electron chi connectivity index (χ2n) is 8.06. The monoisotopic (exact) mass is 448 g/mol. The highest BCUT2D eigenvalue weighted by Crippen LogP contribution is 2.33. The molecule has 6 nitrogen and oxygen atoms in total. The van der Waals surface area contributed by atoms with Crippen LogP contribution in [0.2, 0.25) is 0 Å². The molecule has 4 rings (SSSR count). The highest BCUT2D eigenvalue weighted by molar-refractivity contribution is 7.14. The van der Waals surface area contributed by atoms with Crippen molar-refractivity contribution >= 4 is 28.2 Å². The number of aromatic nitrogens is 2. The number of thiophene rings is 1. The van der Waals surface area contributed by atoms with E-state index in [4.69, 9.17) is 0 Å². The molecule has 0 saturated heterocycles. The molecule has 2 amide bonds. The number of nitrogens with zero attached hydrogens (tertiary/aromatic N) is 3. The fourth-order valence-corrected chi connectivity index (χ4v) is 4.92. The van der Waals surface area contributed by atoms with Crippen LogP contribution in [0.25, 0.3) is 0 Å². The van der Waals surface area contributed by atoms with Gasteiger partial charge in [0.25, 0.3) is 5.91 Å². The average molecular weight is 449 g/mol. The molecule has 7 heteroatoms. The smallest absolute Gasteiger partial charge is 0.280 e. The number of carbonyl (C=O) groups excluding carboxylic acids is 2. The first-order valence-electron chi connectivity index (χ1n) is 11.2. The van der Waals surface area contributed by atoms with Gasteiger partial charge in [-0.25, -0.2) is 4.98 Å². The normalized spacial score (nSPS) is 15.2. The maximum absolute atomic E-state index is 13.7. The van der Waals surface area contributed by atoms with Gasteiger partial charge in [-0.2, -0.15) is 0 Å². The van der Waals surface area contributed by atoms with Crippen LogP contribution in [0.5, 0.6) is 0 Å². The van der Waals surface area contributed by atoms with E-state index < -0.39 is 6.04 Å². The third-order valence-corrected chi connectivity index (χ3v) is 6.77. The molecule has 0 radical (unpaired) electrons. The predicted octanol–water partition coefficient (Wildman–Crippen LogP) is 4.94. The van der Waals surface area contributed by atoms with E-state index in [0.717, 1.165) is 37.7 Å². The van der Waals surface area contributed by atoms with E-state index in [1.165, 1.54) is 41.9 Å². The van der Waals surface area contributed by atoms with Gasteiger partial charge in [0, 0.05) is 18.4 Å². The highest BCUT2D eigenvalue weighted by Gasteiger charge is 2.35. The first kappa shape index (κ1) is 22.1. The number of rotatable bonds is 7. The Balaban J connectivity index is 1.75. The number of carbonyl (C=O) groups is 2. The van der Waals surface area contributed by atoms with Gasteiger partial charge in [0.2, 0.25) is 5.91 Å². The summed E-state index contributed by atoms with van der Waals surface area (Å²) in [4.78, 5) is 37.2. The van der Waals surface area contributed by atoms with E-state index in [0.29, 0.717) is 5.00 Å². The fraction of sp³-hybridized carbons (Fsp3) is 0.360. The third kappa shape index (κ3) is 5.05. The van der Waals surface area contributed by atoms with Crippen LogP contribution in [-0.4, -0.2) is 27.8 Å². The largest absolute Gasteiger partial charge is 0.351 e. The van der Waals surface area contributed by atoms with Crippen molar-refractivity contribution in [3.63, 3.8) is 0 Å². The molecule has 1 N–H and O–H groups in total. The van der Waals surface area contributed by atoms with E-state index in [-0.39, 0.29) is 23.6 Å². The average Bonchev–Trinajstić information content (AvgIpc) is 3.38. The Kier molecular flexibility index (Phi) is 7.27. The van der Waals surface area contributed by atoms with Gasteiger partial charge in [-0.1, -0.05) is 50.5 Å². The van der Waals surface area contributed by atoms with Crippen LogP contribution >= 0.6 is 11.3 Å². The summed E-state index contributed by atoms with van der Waals surface area (Å²) in [7, 11) is 0. The van der Waals surface area contributed by atoms with Crippen molar-refractivity contribution in [3.05, 3.63) is 77.2 Å². The van der Waals surface area contributed by atoms with Crippen molar-refractivity contribution in [2.24, 2.45) is 0 Å². The van der Waals surface area contributed by atoms with Crippen LogP contribution < -0.4 is 10.2 Å². The molecule has 1 aliphatic rings. The molecular formula is C25H28N4O2S. The Hall–Kier alpha value is -3.06. The standard InChI is InChI=1S/C25H28N4O2S/c1-2-18-10-12-19(13-11-18)23(24(30)28-20-7-4-3-5-8-20)29(22-9-6-16-32-22)25(31)21-17-26-14-15-27-21/h6,9-17,20,23H,2-5,7-8H2,1H3,(H,28,30)/t23-/m0/s1. The third-order valence-electron chi connectivity index (χ3n) is 5.91. The van der Waals surface area contributed by atoms with Gasteiger partial charge in [-0.05, 0) is 47.9 Å². The molecule has 1 atom stereocenters. The van der Waals surface area contributed by atoms with E-state index in [9.17, 15) is 9.59 Å². The van der Waals surface area contributed by atoms with Crippen LogP contribution in [0.4, 0.5) is 5.00 Å². The van der Waals surface area contributed by atoms with E-state index in [1.54, 1.807) is 4.90 Å². The zero-order valence-corrected chi connectivity index (χ0v) is 19.1. The summed E-state index contributed by atoms with van der Waals surface area (Å²) in [6, 6.07) is 11.0. The number of benzene rings is 1. The van der Waals surface area contributed by atoms with Gasteiger partial charge in [0.1, 0.15) is 11.7 Å². The molecule has 1 fully saturated rings. The number of hydrogen-bond donors (Lipinski definition) is 1. The summed E-state index contributed by atoms with van der Waals surface area (Å²) in [5.41, 5.74) is 2.17. The predicted molar refractivity (Wildman–Crippen MR) is 127 cm³/mol. The molecular weight excluding hydrogens is 420 g/mol. The van der Waals surface area contributed by atoms with Crippen LogP contribution in [-0.2, 0) is 11.2 Å². The van der Waals surface area contributed by atoms with Gasteiger partial charge >= 0.3 is 0 Å². The van der Waals surface area contributed by atoms with Crippen LogP contribution in [0.1, 0.15) is 66.7 Å². The topological polar surface area (TPSA) is 75.2 Å². The molecule has 2 aromatic heterocycles. The van der Waals surface area contributed by atoms with Crippen molar-refractivity contribution in [3.8, 4) is 0 Å². The number of hydrogen-bond acceptors (Lipinski definition) is 5. The second-order valence-corrected chi connectivity index (χ2v) is 8.98. The van der Waals surface area contributed by atoms with Gasteiger partial charge in [-0.3, -0.25) is 19.5 Å². The van der Waals surface area contributed by atoms with Crippen LogP contribution in [0, 0.1) is 0 Å². The SMILES string of the molecule is CCc1ccc([C@@H](C(=O)NC2CCCCC2)N(C(=O)c2cnccn2)c2cccs2)cc1. The molecule has 1 aromatic carbocycles. The number of aryl methyl sites for hydroxylation is 1. The van der Waals surface area contributed by atoms with Crippen molar-refractivity contribution in [2.75, 3.05) is 4.90 Å². The van der Waals surface area contributed by atoms with Gasteiger partial charge in [0.15, 0.2) is 0 Å². The molecule has 1 saturated carbocycles. The Morgan fingerprint density at radius 2 is 1.91 bits per heavy atom. The molecule has 32 heavy (non-hydrogen) atoms. The maximum Gasteiger partial charge on any atom is 0.280 e. The highest BCUT2D eigenvalue weighted by atomic mass is 32.1. The molecule has 0 unspecified atom stereocenters. The zero-order valence-electron chi connectivity index (χ0n) is 18.2. The van der Waals surface area contributed by atoms with E-state index in [1.807, 2.05) is 41.8 Å². The summed E-state index contributed by atoms with van der Waals surface area (Å²) >= 11 is 1.43. The van der Waals surface area contributed by atoms with Gasteiger partial charge in [0.05, 0.1) is 11.2 Å². The molecule has 0 bridgehead atoms. The number of nitrogens with one attached hydrogen (secondary N) is 1. The van der Waals surface area contributed by atoms with Crippen molar-refractivity contribution in [1.82, 2.24) is 15.3 Å². The zero-order chi connectivity index (χ0) is 22.3. The lowest BCUT2D eigenvalue weighted by Crippen LogP contribution is -2.47.